The average Bonchev–Trinajstić information content (AvgIpc) is 2.31. The highest BCUT2D eigenvalue weighted by Crippen LogP contribution is 2.19. The van der Waals surface area contributed by atoms with Crippen LogP contribution < -0.4 is 10.6 Å². The van der Waals surface area contributed by atoms with Crippen LogP contribution in [0.5, 0.6) is 0 Å². The van der Waals surface area contributed by atoms with Crippen LogP contribution in [0.1, 0.15) is 0 Å². The molecule has 2 amide bonds. The SMILES string of the molecule is COC(=O)NCCSSCCNC(=O)OC. The van der Waals surface area contributed by atoms with Gasteiger partial charge in [0.1, 0.15) is 0 Å². The molecule has 0 aliphatic rings. The maximum absolute atomic E-state index is 10.6. The number of carbonyl (C=O) groups is 2. The zero-order valence-corrected chi connectivity index (χ0v) is 10.9. The Hall–Kier alpha value is -0.760. The molecule has 0 heterocycles. The highest BCUT2D eigenvalue weighted by molar-refractivity contribution is 8.76. The summed E-state index contributed by atoms with van der Waals surface area (Å²) in [4.78, 5) is 21.3. The molecule has 94 valence electrons. The Morgan fingerprint density at radius 1 is 0.938 bits per heavy atom. The van der Waals surface area contributed by atoms with E-state index < -0.39 is 12.2 Å². The number of amides is 2. The van der Waals surface area contributed by atoms with E-state index in [0.717, 1.165) is 11.5 Å². The lowest BCUT2D eigenvalue weighted by Gasteiger charge is -2.04. The van der Waals surface area contributed by atoms with E-state index in [1.165, 1.54) is 14.2 Å². The molecule has 0 atom stereocenters. The van der Waals surface area contributed by atoms with Gasteiger partial charge < -0.3 is 20.1 Å². The van der Waals surface area contributed by atoms with Gasteiger partial charge in [-0.15, -0.1) is 0 Å². The van der Waals surface area contributed by atoms with Crippen molar-refractivity contribution in [3.63, 3.8) is 0 Å². The van der Waals surface area contributed by atoms with Gasteiger partial charge in [0.25, 0.3) is 0 Å². The van der Waals surface area contributed by atoms with E-state index in [1.807, 2.05) is 0 Å². The van der Waals surface area contributed by atoms with E-state index in [1.54, 1.807) is 21.6 Å². The van der Waals surface area contributed by atoms with Crippen LogP contribution in [0.25, 0.3) is 0 Å². The first-order valence-electron chi connectivity index (χ1n) is 4.58. The van der Waals surface area contributed by atoms with E-state index in [-0.39, 0.29) is 0 Å². The summed E-state index contributed by atoms with van der Waals surface area (Å²) in [5.41, 5.74) is 0. The molecule has 8 heteroatoms. The summed E-state index contributed by atoms with van der Waals surface area (Å²) >= 11 is 0. The second-order valence-electron chi connectivity index (χ2n) is 2.48. The van der Waals surface area contributed by atoms with Crippen molar-refractivity contribution in [2.24, 2.45) is 0 Å². The van der Waals surface area contributed by atoms with Crippen molar-refractivity contribution in [2.75, 3.05) is 38.8 Å². The molecular weight excluding hydrogens is 252 g/mol. The van der Waals surface area contributed by atoms with E-state index in [0.29, 0.717) is 13.1 Å². The minimum Gasteiger partial charge on any atom is -0.453 e. The third-order valence-corrected chi connectivity index (χ3v) is 3.77. The predicted molar refractivity (Wildman–Crippen MR) is 65.7 cm³/mol. The van der Waals surface area contributed by atoms with Crippen molar-refractivity contribution in [1.29, 1.82) is 0 Å². The molecule has 2 N–H and O–H groups in total. The zero-order valence-electron chi connectivity index (χ0n) is 9.28. The molecule has 0 radical (unpaired) electrons. The minimum absolute atomic E-state index is 0.419. The Bertz CT molecular complexity index is 194. The van der Waals surface area contributed by atoms with Crippen molar-refractivity contribution in [1.82, 2.24) is 10.6 Å². The van der Waals surface area contributed by atoms with Crippen molar-refractivity contribution >= 4 is 33.8 Å². The van der Waals surface area contributed by atoms with Gasteiger partial charge in [0.15, 0.2) is 0 Å². The molecular formula is C8H16N2O4S2. The lowest BCUT2D eigenvalue weighted by molar-refractivity contribution is 0.171. The maximum atomic E-state index is 10.6. The quantitative estimate of drug-likeness (QED) is 0.531. The monoisotopic (exact) mass is 268 g/mol. The minimum atomic E-state index is -0.419. The second-order valence-corrected chi connectivity index (χ2v) is 5.18. The topological polar surface area (TPSA) is 76.7 Å². The molecule has 0 saturated carbocycles. The molecule has 0 rings (SSSR count). The lowest BCUT2D eigenvalue weighted by Crippen LogP contribution is -2.25. The molecule has 0 aliphatic heterocycles. The van der Waals surface area contributed by atoms with Crippen molar-refractivity contribution < 1.29 is 19.1 Å². The standard InChI is InChI=1S/C8H16N2O4S2/c1-13-7(11)9-3-5-15-16-6-4-10-8(12)14-2/h3-6H2,1-2H3,(H,9,11)(H,10,12). The molecule has 0 aromatic rings. The molecule has 0 aliphatic carbocycles. The number of nitrogens with one attached hydrogen (secondary N) is 2. The third kappa shape index (κ3) is 9.78. The normalized spacial score (nSPS) is 9.38. The van der Waals surface area contributed by atoms with Gasteiger partial charge in [0.2, 0.25) is 0 Å². The molecule has 0 bridgehead atoms. The van der Waals surface area contributed by atoms with Gasteiger partial charge >= 0.3 is 12.2 Å². The van der Waals surface area contributed by atoms with Gasteiger partial charge in [0.05, 0.1) is 14.2 Å². The van der Waals surface area contributed by atoms with Crippen LogP contribution in [-0.4, -0.2) is 51.0 Å². The summed E-state index contributed by atoms with van der Waals surface area (Å²) in [7, 11) is 5.90. The lowest BCUT2D eigenvalue weighted by atomic mass is 10.7. The molecule has 0 aromatic carbocycles. The fourth-order valence-corrected chi connectivity index (χ4v) is 2.47. The van der Waals surface area contributed by atoms with Crippen LogP contribution >= 0.6 is 21.6 Å². The Balaban J connectivity index is 3.10. The molecule has 0 saturated heterocycles. The maximum Gasteiger partial charge on any atom is 0.406 e. The van der Waals surface area contributed by atoms with Gasteiger partial charge in [-0.3, -0.25) is 0 Å². The number of rotatable bonds is 7. The summed E-state index contributed by atoms with van der Waals surface area (Å²) in [5, 5.41) is 5.13. The van der Waals surface area contributed by atoms with Crippen molar-refractivity contribution in [2.45, 2.75) is 0 Å². The predicted octanol–water partition coefficient (Wildman–Crippen LogP) is 1.08. The highest BCUT2D eigenvalue weighted by atomic mass is 33.1. The van der Waals surface area contributed by atoms with E-state index >= 15 is 0 Å². The number of alkyl carbamates (subject to hydrolysis) is 2. The first-order valence-corrected chi connectivity index (χ1v) is 7.07. The van der Waals surface area contributed by atoms with Gasteiger partial charge in [-0.1, -0.05) is 21.6 Å². The summed E-state index contributed by atoms with van der Waals surface area (Å²) in [5.74, 6) is 1.58. The Labute approximate surface area is 103 Å². The largest absolute Gasteiger partial charge is 0.453 e. The number of ether oxygens (including phenoxy) is 2. The molecule has 6 nitrogen and oxygen atoms in total. The fourth-order valence-electron chi connectivity index (χ4n) is 0.652. The molecule has 0 aromatic heterocycles. The van der Waals surface area contributed by atoms with Gasteiger partial charge in [-0.05, 0) is 0 Å². The first-order chi connectivity index (χ1) is 7.70. The highest BCUT2D eigenvalue weighted by Gasteiger charge is 1.98. The molecule has 16 heavy (non-hydrogen) atoms. The third-order valence-electron chi connectivity index (χ3n) is 1.36. The smallest absolute Gasteiger partial charge is 0.406 e. The number of hydrogen-bond acceptors (Lipinski definition) is 6. The van der Waals surface area contributed by atoms with E-state index in [2.05, 4.69) is 20.1 Å². The average molecular weight is 268 g/mol. The Morgan fingerprint density at radius 3 is 1.62 bits per heavy atom. The van der Waals surface area contributed by atoms with Crippen LogP contribution in [0.3, 0.4) is 0 Å². The van der Waals surface area contributed by atoms with Crippen LogP contribution in [0.4, 0.5) is 9.59 Å². The van der Waals surface area contributed by atoms with Crippen molar-refractivity contribution in [3.05, 3.63) is 0 Å². The van der Waals surface area contributed by atoms with Gasteiger partial charge in [0, 0.05) is 24.6 Å². The van der Waals surface area contributed by atoms with Crippen LogP contribution in [0.2, 0.25) is 0 Å². The van der Waals surface area contributed by atoms with Crippen molar-refractivity contribution in [3.8, 4) is 0 Å². The van der Waals surface area contributed by atoms with Crippen LogP contribution in [-0.2, 0) is 9.47 Å². The number of carbonyl (C=O) groups excluding carboxylic acids is 2. The van der Waals surface area contributed by atoms with E-state index in [9.17, 15) is 9.59 Å². The van der Waals surface area contributed by atoms with Gasteiger partial charge in [-0.25, -0.2) is 9.59 Å². The van der Waals surface area contributed by atoms with Crippen LogP contribution in [0.15, 0.2) is 0 Å². The number of hydrogen-bond donors (Lipinski definition) is 2. The molecule has 0 spiro atoms. The Kier molecular flexibility index (Phi) is 10.2. The number of methoxy groups -OCH3 is 2. The first kappa shape index (κ1) is 15.2. The van der Waals surface area contributed by atoms with E-state index in [4.69, 9.17) is 0 Å². The summed E-state index contributed by atoms with van der Waals surface area (Å²) in [6.07, 6.45) is -0.837. The summed E-state index contributed by atoms with van der Waals surface area (Å²) < 4.78 is 8.81. The summed E-state index contributed by atoms with van der Waals surface area (Å²) in [6.45, 7) is 1.13. The zero-order chi connectivity index (χ0) is 12.2. The Morgan fingerprint density at radius 2 is 1.31 bits per heavy atom. The van der Waals surface area contributed by atoms with Gasteiger partial charge in [-0.2, -0.15) is 0 Å². The summed E-state index contributed by atoms with van der Waals surface area (Å²) in [6, 6.07) is 0. The molecule has 0 fully saturated rings. The molecule has 0 unspecified atom stereocenters. The fraction of sp³-hybridized carbons (Fsp3) is 0.750. The van der Waals surface area contributed by atoms with Crippen LogP contribution in [0, 0.1) is 0 Å². The second kappa shape index (κ2) is 10.7.